The molecule has 0 saturated heterocycles. The van der Waals surface area contributed by atoms with Gasteiger partial charge < -0.3 is 15.3 Å². The summed E-state index contributed by atoms with van der Waals surface area (Å²) in [6, 6.07) is 18.6. The second-order valence-electron chi connectivity index (χ2n) is 5.09. The SMILES string of the molecule is N#CCc1ccc(NC(=O)N(CCO)Cc2ccccc2)cc1. The average molecular weight is 309 g/mol. The summed E-state index contributed by atoms with van der Waals surface area (Å²) in [7, 11) is 0. The van der Waals surface area contributed by atoms with E-state index in [1.165, 1.54) is 0 Å². The van der Waals surface area contributed by atoms with Crippen LogP contribution in [0.25, 0.3) is 0 Å². The van der Waals surface area contributed by atoms with E-state index in [9.17, 15) is 9.90 Å². The Labute approximate surface area is 135 Å². The summed E-state index contributed by atoms with van der Waals surface area (Å²) in [6.07, 6.45) is 0.346. The Morgan fingerprint density at radius 2 is 1.78 bits per heavy atom. The predicted molar refractivity (Wildman–Crippen MR) is 88.7 cm³/mol. The van der Waals surface area contributed by atoms with Crippen molar-refractivity contribution in [2.24, 2.45) is 0 Å². The molecular weight excluding hydrogens is 290 g/mol. The van der Waals surface area contributed by atoms with Crippen molar-refractivity contribution < 1.29 is 9.90 Å². The number of aliphatic hydroxyl groups is 1. The minimum Gasteiger partial charge on any atom is -0.395 e. The van der Waals surface area contributed by atoms with Gasteiger partial charge in [0.15, 0.2) is 0 Å². The van der Waals surface area contributed by atoms with Crippen LogP contribution in [-0.2, 0) is 13.0 Å². The lowest BCUT2D eigenvalue weighted by Crippen LogP contribution is -2.36. The second-order valence-corrected chi connectivity index (χ2v) is 5.09. The van der Waals surface area contributed by atoms with Gasteiger partial charge in [-0.3, -0.25) is 0 Å². The van der Waals surface area contributed by atoms with E-state index in [0.717, 1.165) is 11.1 Å². The standard InChI is InChI=1S/C18H19N3O2/c19-11-10-15-6-8-17(9-7-15)20-18(23)21(12-13-22)14-16-4-2-1-3-5-16/h1-9,22H,10,12-14H2,(H,20,23). The fraction of sp³-hybridized carbons (Fsp3) is 0.222. The molecule has 0 heterocycles. The van der Waals surface area contributed by atoms with E-state index >= 15 is 0 Å². The van der Waals surface area contributed by atoms with Crippen LogP contribution in [-0.4, -0.2) is 29.2 Å². The van der Waals surface area contributed by atoms with Crippen LogP contribution < -0.4 is 5.32 Å². The molecule has 2 N–H and O–H groups in total. The third kappa shape index (κ3) is 5.13. The summed E-state index contributed by atoms with van der Waals surface area (Å²) in [6.45, 7) is 0.592. The van der Waals surface area contributed by atoms with Crippen molar-refractivity contribution in [1.82, 2.24) is 4.90 Å². The van der Waals surface area contributed by atoms with E-state index in [4.69, 9.17) is 5.26 Å². The number of carbonyl (C=O) groups is 1. The van der Waals surface area contributed by atoms with Gasteiger partial charge in [0.05, 0.1) is 19.1 Å². The van der Waals surface area contributed by atoms with Crippen LogP contribution in [0.3, 0.4) is 0 Å². The van der Waals surface area contributed by atoms with Gasteiger partial charge in [0.1, 0.15) is 0 Å². The summed E-state index contributed by atoms with van der Waals surface area (Å²) >= 11 is 0. The molecule has 5 nitrogen and oxygen atoms in total. The van der Waals surface area contributed by atoms with E-state index in [2.05, 4.69) is 11.4 Å². The maximum absolute atomic E-state index is 12.4. The number of nitriles is 1. The van der Waals surface area contributed by atoms with Gasteiger partial charge in [-0.1, -0.05) is 42.5 Å². The Morgan fingerprint density at radius 1 is 1.09 bits per heavy atom. The van der Waals surface area contributed by atoms with Crippen LogP contribution in [0.4, 0.5) is 10.5 Å². The smallest absolute Gasteiger partial charge is 0.322 e. The first kappa shape index (κ1) is 16.5. The number of urea groups is 1. The molecule has 23 heavy (non-hydrogen) atoms. The molecule has 0 aliphatic rings. The summed E-state index contributed by atoms with van der Waals surface area (Å²) in [5, 5.41) is 20.6. The molecule has 0 bridgehead atoms. The topological polar surface area (TPSA) is 76.4 Å². The average Bonchev–Trinajstić information content (AvgIpc) is 2.57. The lowest BCUT2D eigenvalue weighted by Gasteiger charge is -2.22. The lowest BCUT2D eigenvalue weighted by atomic mass is 10.1. The number of aliphatic hydroxyl groups excluding tert-OH is 1. The van der Waals surface area contributed by atoms with Crippen molar-refractivity contribution in [1.29, 1.82) is 5.26 Å². The van der Waals surface area contributed by atoms with Crippen molar-refractivity contribution in [3.8, 4) is 6.07 Å². The Morgan fingerprint density at radius 3 is 2.39 bits per heavy atom. The number of hydrogen-bond acceptors (Lipinski definition) is 3. The molecule has 2 amide bonds. The third-order valence-electron chi connectivity index (χ3n) is 3.36. The fourth-order valence-corrected chi connectivity index (χ4v) is 2.18. The van der Waals surface area contributed by atoms with Crippen molar-refractivity contribution in [3.05, 3.63) is 65.7 Å². The number of nitrogens with one attached hydrogen (secondary N) is 1. The first-order valence-electron chi connectivity index (χ1n) is 7.39. The number of benzene rings is 2. The number of carbonyl (C=O) groups excluding carboxylic acids is 1. The van der Waals surface area contributed by atoms with Gasteiger partial charge in [0.25, 0.3) is 0 Å². The molecule has 0 unspecified atom stereocenters. The molecule has 0 fully saturated rings. The van der Waals surface area contributed by atoms with Gasteiger partial charge in [0, 0.05) is 18.8 Å². The zero-order valence-corrected chi connectivity index (χ0v) is 12.8. The molecule has 0 saturated carbocycles. The summed E-state index contributed by atoms with van der Waals surface area (Å²) < 4.78 is 0. The van der Waals surface area contributed by atoms with Crippen LogP contribution in [0.5, 0.6) is 0 Å². The highest BCUT2D eigenvalue weighted by molar-refractivity contribution is 5.89. The van der Waals surface area contributed by atoms with E-state index < -0.39 is 0 Å². The summed E-state index contributed by atoms with van der Waals surface area (Å²) in [5.41, 5.74) is 2.56. The van der Waals surface area contributed by atoms with Crippen molar-refractivity contribution in [2.75, 3.05) is 18.5 Å². The minimum atomic E-state index is -0.268. The summed E-state index contributed by atoms with van der Waals surface area (Å²) in [4.78, 5) is 13.9. The van der Waals surface area contributed by atoms with Crippen LogP contribution in [0.15, 0.2) is 54.6 Å². The van der Waals surface area contributed by atoms with Crippen LogP contribution in [0.2, 0.25) is 0 Å². The van der Waals surface area contributed by atoms with Gasteiger partial charge in [0.2, 0.25) is 0 Å². The third-order valence-corrected chi connectivity index (χ3v) is 3.36. The molecule has 2 rings (SSSR count). The van der Waals surface area contributed by atoms with Crippen molar-refractivity contribution >= 4 is 11.7 Å². The highest BCUT2D eigenvalue weighted by atomic mass is 16.3. The van der Waals surface area contributed by atoms with Crippen molar-refractivity contribution in [3.63, 3.8) is 0 Å². The zero-order chi connectivity index (χ0) is 16.5. The Hall–Kier alpha value is -2.84. The molecule has 2 aromatic carbocycles. The molecule has 0 radical (unpaired) electrons. The van der Waals surface area contributed by atoms with Crippen LogP contribution >= 0.6 is 0 Å². The maximum Gasteiger partial charge on any atom is 0.322 e. The fourth-order valence-electron chi connectivity index (χ4n) is 2.18. The molecule has 0 aliphatic heterocycles. The molecule has 5 heteroatoms. The van der Waals surface area contributed by atoms with E-state index in [1.54, 1.807) is 17.0 Å². The minimum absolute atomic E-state index is 0.0959. The highest BCUT2D eigenvalue weighted by Gasteiger charge is 2.13. The van der Waals surface area contributed by atoms with Gasteiger partial charge in [-0.2, -0.15) is 5.26 Å². The molecule has 0 spiro atoms. The highest BCUT2D eigenvalue weighted by Crippen LogP contribution is 2.12. The second kappa shape index (κ2) is 8.57. The van der Waals surface area contributed by atoms with Crippen LogP contribution in [0.1, 0.15) is 11.1 Å². The molecule has 0 atom stereocenters. The van der Waals surface area contributed by atoms with E-state index in [1.807, 2.05) is 42.5 Å². The van der Waals surface area contributed by atoms with Crippen molar-refractivity contribution in [2.45, 2.75) is 13.0 Å². The lowest BCUT2D eigenvalue weighted by molar-refractivity contribution is 0.185. The number of anilines is 1. The monoisotopic (exact) mass is 309 g/mol. The van der Waals surface area contributed by atoms with Gasteiger partial charge in [-0.25, -0.2) is 4.79 Å². The Balaban J connectivity index is 2.01. The summed E-state index contributed by atoms with van der Waals surface area (Å²) in [5.74, 6) is 0. The number of hydrogen-bond donors (Lipinski definition) is 2. The Kier molecular flexibility index (Phi) is 6.16. The quantitative estimate of drug-likeness (QED) is 0.861. The molecule has 0 aliphatic carbocycles. The normalized spacial score (nSPS) is 9.91. The van der Waals surface area contributed by atoms with E-state index in [-0.39, 0.29) is 19.2 Å². The van der Waals surface area contributed by atoms with Crippen LogP contribution in [0, 0.1) is 11.3 Å². The molecule has 118 valence electrons. The molecule has 0 aromatic heterocycles. The predicted octanol–water partition coefficient (Wildman–Crippen LogP) is 2.78. The molecular formula is C18H19N3O2. The first-order chi connectivity index (χ1) is 11.2. The number of rotatable bonds is 6. The van der Waals surface area contributed by atoms with Gasteiger partial charge in [-0.05, 0) is 23.3 Å². The zero-order valence-electron chi connectivity index (χ0n) is 12.8. The Bertz CT molecular complexity index is 663. The first-order valence-corrected chi connectivity index (χ1v) is 7.39. The molecule has 2 aromatic rings. The number of amides is 2. The maximum atomic E-state index is 12.4. The van der Waals surface area contributed by atoms with E-state index in [0.29, 0.717) is 18.7 Å². The van der Waals surface area contributed by atoms with Gasteiger partial charge >= 0.3 is 6.03 Å². The number of nitrogens with zero attached hydrogens (tertiary/aromatic N) is 2. The largest absolute Gasteiger partial charge is 0.395 e. The van der Waals surface area contributed by atoms with Gasteiger partial charge in [-0.15, -0.1) is 0 Å².